The number of carbonyl (C=O) groups is 2. The fourth-order valence-electron chi connectivity index (χ4n) is 4.16. The van der Waals surface area contributed by atoms with Crippen LogP contribution in [-0.4, -0.2) is 44.3 Å². The van der Waals surface area contributed by atoms with Crippen molar-refractivity contribution in [3.8, 4) is 11.5 Å². The van der Waals surface area contributed by atoms with Crippen molar-refractivity contribution in [2.75, 3.05) is 13.1 Å². The molecule has 178 valence electrons. The number of aromatic nitrogens is 3. The third-order valence-corrected chi connectivity index (χ3v) is 6.15. The molecule has 0 spiro atoms. The maximum atomic E-state index is 13.5. The number of nitrogens with one attached hydrogen (secondary N) is 1. The Morgan fingerprint density at radius 2 is 1.91 bits per heavy atom. The van der Waals surface area contributed by atoms with Crippen molar-refractivity contribution in [2.45, 2.75) is 26.9 Å². The van der Waals surface area contributed by atoms with E-state index in [1.165, 1.54) is 23.2 Å². The third kappa shape index (κ3) is 4.57. The van der Waals surface area contributed by atoms with Gasteiger partial charge in [0.25, 0.3) is 11.5 Å². The highest BCUT2D eigenvalue weighted by atomic mass is 16.3. The monoisotopic (exact) mass is 471 g/mol. The van der Waals surface area contributed by atoms with Gasteiger partial charge in [-0.1, -0.05) is 36.8 Å². The first kappa shape index (κ1) is 22.5. The van der Waals surface area contributed by atoms with E-state index in [1.807, 2.05) is 31.2 Å². The van der Waals surface area contributed by atoms with Gasteiger partial charge in [0.1, 0.15) is 23.4 Å². The number of rotatable bonds is 6. The van der Waals surface area contributed by atoms with E-state index in [1.54, 1.807) is 17.0 Å². The van der Waals surface area contributed by atoms with E-state index in [0.717, 1.165) is 11.1 Å². The molecule has 4 aromatic rings. The lowest BCUT2D eigenvalue weighted by Crippen LogP contribution is -2.50. The molecule has 9 nitrogen and oxygen atoms in total. The van der Waals surface area contributed by atoms with Gasteiger partial charge in [0.05, 0.1) is 6.20 Å². The molecular weight excluding hydrogens is 446 g/mol. The van der Waals surface area contributed by atoms with Crippen LogP contribution in [-0.2, 0) is 17.9 Å². The van der Waals surface area contributed by atoms with Crippen molar-refractivity contribution in [1.82, 2.24) is 24.8 Å². The molecule has 0 unspecified atom stereocenters. The number of carbonyl (C=O) groups excluding carboxylic acids is 2. The molecule has 3 aromatic heterocycles. The Bertz CT molecular complexity index is 1450. The minimum atomic E-state index is -0.567. The van der Waals surface area contributed by atoms with Crippen LogP contribution < -0.4 is 10.9 Å². The Hall–Kier alpha value is -4.27. The van der Waals surface area contributed by atoms with E-state index in [0.29, 0.717) is 41.5 Å². The summed E-state index contributed by atoms with van der Waals surface area (Å²) < 4.78 is 6.62. The van der Waals surface area contributed by atoms with Crippen molar-refractivity contribution >= 4 is 22.8 Å². The SMILES string of the molecule is Cc1ccc(CNC(=O)c2cc3ccc(-c4cnco4)nc3n(CC(=O)N3CC(C)C3)c2=O)cc1. The first-order chi connectivity index (χ1) is 16.9. The summed E-state index contributed by atoms with van der Waals surface area (Å²) in [4.78, 5) is 49.6. The first-order valence-electron chi connectivity index (χ1n) is 11.4. The maximum Gasteiger partial charge on any atom is 0.265 e. The number of nitrogens with zero attached hydrogens (tertiary/aromatic N) is 4. The second-order valence-electron chi connectivity index (χ2n) is 9.00. The summed E-state index contributed by atoms with van der Waals surface area (Å²) in [5.74, 6) is 0.183. The van der Waals surface area contributed by atoms with Crippen molar-refractivity contribution < 1.29 is 14.0 Å². The number of hydrogen-bond donors (Lipinski definition) is 1. The molecule has 1 aliphatic heterocycles. The molecule has 1 saturated heterocycles. The van der Waals surface area contributed by atoms with Crippen LogP contribution >= 0.6 is 0 Å². The quantitative estimate of drug-likeness (QED) is 0.463. The molecule has 1 aromatic carbocycles. The standard InChI is InChI=1S/C26H25N5O4/c1-16-3-5-18(6-4-16)10-28-25(33)20-9-19-7-8-21(22-11-27-15-35-22)29-24(19)31(26(20)34)14-23(32)30-12-17(2)13-30/h3-9,11,15,17H,10,12-14H2,1-2H3,(H,28,33). The minimum absolute atomic E-state index is 0.0383. The predicted molar refractivity (Wildman–Crippen MR) is 130 cm³/mol. The average molecular weight is 472 g/mol. The lowest BCUT2D eigenvalue weighted by Gasteiger charge is -2.37. The van der Waals surface area contributed by atoms with Crippen LogP contribution in [0.4, 0.5) is 0 Å². The molecule has 9 heteroatoms. The smallest absolute Gasteiger partial charge is 0.265 e. The largest absolute Gasteiger partial charge is 0.442 e. The molecule has 1 N–H and O–H groups in total. The molecule has 0 saturated carbocycles. The number of pyridine rings is 2. The van der Waals surface area contributed by atoms with Gasteiger partial charge in [0.15, 0.2) is 12.2 Å². The van der Waals surface area contributed by atoms with Gasteiger partial charge in [-0.15, -0.1) is 0 Å². The number of aryl methyl sites for hydroxylation is 1. The Kier molecular flexibility index (Phi) is 5.90. The van der Waals surface area contributed by atoms with Crippen LogP contribution in [0.3, 0.4) is 0 Å². The van der Waals surface area contributed by atoms with Crippen LogP contribution in [0.1, 0.15) is 28.4 Å². The number of fused-ring (bicyclic) bond motifs is 1. The van der Waals surface area contributed by atoms with E-state index >= 15 is 0 Å². The Morgan fingerprint density at radius 3 is 2.60 bits per heavy atom. The molecule has 4 heterocycles. The molecule has 2 amide bonds. The zero-order valence-electron chi connectivity index (χ0n) is 19.5. The summed E-state index contributed by atoms with van der Waals surface area (Å²) in [6, 6.07) is 12.8. The molecule has 1 fully saturated rings. The van der Waals surface area contributed by atoms with E-state index in [-0.39, 0.29) is 24.6 Å². The fraction of sp³-hybridized carbons (Fsp3) is 0.269. The Morgan fingerprint density at radius 1 is 1.14 bits per heavy atom. The molecule has 35 heavy (non-hydrogen) atoms. The third-order valence-electron chi connectivity index (χ3n) is 6.15. The van der Waals surface area contributed by atoms with E-state index in [9.17, 15) is 14.4 Å². The van der Waals surface area contributed by atoms with E-state index < -0.39 is 11.5 Å². The van der Waals surface area contributed by atoms with Crippen molar-refractivity contribution in [1.29, 1.82) is 0 Å². The summed E-state index contributed by atoms with van der Waals surface area (Å²) in [5, 5.41) is 3.38. The Labute approximate surface area is 201 Å². The highest BCUT2D eigenvalue weighted by Crippen LogP contribution is 2.21. The van der Waals surface area contributed by atoms with Crippen LogP contribution in [0.15, 0.2) is 64.3 Å². The summed E-state index contributed by atoms with van der Waals surface area (Å²) in [7, 11) is 0. The summed E-state index contributed by atoms with van der Waals surface area (Å²) in [6.45, 7) is 5.44. The van der Waals surface area contributed by atoms with Gasteiger partial charge in [-0.05, 0) is 36.6 Å². The zero-order valence-corrected chi connectivity index (χ0v) is 19.5. The molecule has 0 radical (unpaired) electrons. The summed E-state index contributed by atoms with van der Waals surface area (Å²) in [6.07, 6.45) is 2.82. The van der Waals surface area contributed by atoms with Gasteiger partial charge in [0, 0.05) is 25.0 Å². The maximum absolute atomic E-state index is 13.5. The Balaban J connectivity index is 1.51. The normalized spacial score (nSPS) is 13.6. The molecular formula is C26H25N5O4. The fourth-order valence-corrected chi connectivity index (χ4v) is 4.16. The van der Waals surface area contributed by atoms with Crippen LogP contribution in [0.25, 0.3) is 22.5 Å². The molecule has 1 aliphatic rings. The van der Waals surface area contributed by atoms with Crippen molar-refractivity contribution in [3.63, 3.8) is 0 Å². The molecule has 0 aliphatic carbocycles. The van der Waals surface area contributed by atoms with Crippen molar-refractivity contribution in [2.24, 2.45) is 5.92 Å². The molecule has 0 atom stereocenters. The lowest BCUT2D eigenvalue weighted by molar-refractivity contribution is -0.137. The highest BCUT2D eigenvalue weighted by Gasteiger charge is 2.28. The van der Waals surface area contributed by atoms with Gasteiger partial charge in [0.2, 0.25) is 5.91 Å². The first-order valence-corrected chi connectivity index (χ1v) is 11.4. The van der Waals surface area contributed by atoms with Crippen molar-refractivity contribution in [3.05, 3.63) is 82.1 Å². The zero-order chi connectivity index (χ0) is 24.5. The second kappa shape index (κ2) is 9.17. The molecule has 5 rings (SSSR count). The summed E-state index contributed by atoms with van der Waals surface area (Å²) >= 11 is 0. The van der Waals surface area contributed by atoms with Gasteiger partial charge in [-0.3, -0.25) is 19.0 Å². The van der Waals surface area contributed by atoms with Crippen LogP contribution in [0, 0.1) is 12.8 Å². The van der Waals surface area contributed by atoms with E-state index in [4.69, 9.17) is 4.42 Å². The number of amides is 2. The highest BCUT2D eigenvalue weighted by molar-refractivity contribution is 5.97. The number of likely N-dealkylation sites (tertiary alicyclic amines) is 1. The van der Waals surface area contributed by atoms with Gasteiger partial charge in [-0.25, -0.2) is 9.97 Å². The van der Waals surface area contributed by atoms with E-state index in [2.05, 4.69) is 22.2 Å². The summed E-state index contributed by atoms with van der Waals surface area (Å²) in [5.41, 5.74) is 2.22. The predicted octanol–water partition coefficient (Wildman–Crippen LogP) is 2.77. The average Bonchev–Trinajstić information content (AvgIpc) is 3.38. The molecule has 0 bridgehead atoms. The number of hydrogen-bond acceptors (Lipinski definition) is 6. The number of benzene rings is 1. The minimum Gasteiger partial charge on any atom is -0.442 e. The van der Waals surface area contributed by atoms with Crippen LogP contribution in [0.2, 0.25) is 0 Å². The van der Waals surface area contributed by atoms with Gasteiger partial charge in [-0.2, -0.15) is 0 Å². The topological polar surface area (TPSA) is 110 Å². The van der Waals surface area contributed by atoms with Gasteiger partial charge >= 0.3 is 0 Å². The second-order valence-corrected chi connectivity index (χ2v) is 9.00. The number of oxazole rings is 1. The lowest BCUT2D eigenvalue weighted by atomic mass is 10.0. The van der Waals surface area contributed by atoms with Gasteiger partial charge < -0.3 is 14.6 Å². The van der Waals surface area contributed by atoms with Crippen LogP contribution in [0.5, 0.6) is 0 Å².